The molecule has 1 rings (SSSR count). The highest BCUT2D eigenvalue weighted by Gasteiger charge is 2.15. The monoisotopic (exact) mass is 267 g/mol. The van der Waals surface area contributed by atoms with Gasteiger partial charge in [-0.3, -0.25) is 0 Å². The van der Waals surface area contributed by atoms with E-state index in [0.717, 1.165) is 18.6 Å². The molecule has 0 spiro atoms. The second-order valence-corrected chi connectivity index (χ2v) is 5.96. The van der Waals surface area contributed by atoms with Gasteiger partial charge in [0.05, 0.1) is 0 Å². The van der Waals surface area contributed by atoms with Gasteiger partial charge in [0.1, 0.15) is 0 Å². The van der Waals surface area contributed by atoms with Crippen molar-refractivity contribution in [3.05, 3.63) is 29.8 Å². The van der Waals surface area contributed by atoms with Gasteiger partial charge >= 0.3 is 0 Å². The lowest BCUT2D eigenvalue weighted by Crippen LogP contribution is -2.20. The molecular formula is C15H25NOS. The van der Waals surface area contributed by atoms with Gasteiger partial charge in [-0.1, -0.05) is 26.0 Å². The van der Waals surface area contributed by atoms with Crippen molar-refractivity contribution in [1.29, 1.82) is 0 Å². The molecular weight excluding hydrogens is 242 g/mol. The molecule has 2 atom stereocenters. The summed E-state index contributed by atoms with van der Waals surface area (Å²) in [6.07, 6.45) is 2.07. The van der Waals surface area contributed by atoms with E-state index in [2.05, 4.69) is 38.1 Å². The van der Waals surface area contributed by atoms with Crippen molar-refractivity contribution < 1.29 is 5.11 Å². The molecule has 0 bridgehead atoms. The van der Waals surface area contributed by atoms with Crippen molar-refractivity contribution in [2.45, 2.75) is 37.5 Å². The van der Waals surface area contributed by atoms with E-state index in [1.165, 1.54) is 10.5 Å². The molecule has 0 saturated carbocycles. The Hall–Kier alpha value is -0.510. The fraction of sp³-hybridized carbons (Fsp3) is 0.600. The van der Waals surface area contributed by atoms with Gasteiger partial charge in [-0.15, -0.1) is 11.8 Å². The Morgan fingerprint density at radius 1 is 1.22 bits per heavy atom. The molecule has 1 aromatic carbocycles. The minimum atomic E-state index is 0.191. The summed E-state index contributed by atoms with van der Waals surface area (Å²) in [5.74, 6) is 1.84. The normalized spacial score (nSPS) is 14.4. The number of rotatable bonds is 8. The van der Waals surface area contributed by atoms with Crippen molar-refractivity contribution in [1.82, 2.24) is 0 Å². The van der Waals surface area contributed by atoms with Crippen LogP contribution in [0, 0.1) is 5.92 Å². The fourth-order valence-corrected chi connectivity index (χ4v) is 2.85. The van der Waals surface area contributed by atoms with Gasteiger partial charge < -0.3 is 10.8 Å². The third kappa shape index (κ3) is 4.63. The van der Waals surface area contributed by atoms with E-state index in [9.17, 15) is 5.11 Å². The van der Waals surface area contributed by atoms with Crippen LogP contribution in [0.3, 0.4) is 0 Å². The topological polar surface area (TPSA) is 46.2 Å². The Balaban J connectivity index is 2.69. The SMILES string of the molecule is CCSc1ccc(C(CC)CC(CN)CO)cc1. The number of benzene rings is 1. The third-order valence-corrected chi connectivity index (χ3v) is 4.26. The summed E-state index contributed by atoms with van der Waals surface area (Å²) in [7, 11) is 0. The largest absolute Gasteiger partial charge is 0.396 e. The van der Waals surface area contributed by atoms with Crippen LogP contribution >= 0.6 is 11.8 Å². The summed E-state index contributed by atoms with van der Waals surface area (Å²) in [5, 5.41) is 9.25. The number of aliphatic hydroxyl groups excluding tert-OH is 1. The Morgan fingerprint density at radius 2 is 1.89 bits per heavy atom. The maximum absolute atomic E-state index is 9.25. The molecule has 3 N–H and O–H groups in total. The van der Waals surface area contributed by atoms with Crippen LogP contribution in [-0.2, 0) is 0 Å². The smallest absolute Gasteiger partial charge is 0.0471 e. The Bertz CT molecular complexity index is 322. The molecule has 3 heteroatoms. The first-order valence-corrected chi connectivity index (χ1v) is 7.77. The van der Waals surface area contributed by atoms with Crippen molar-refractivity contribution in [3.63, 3.8) is 0 Å². The minimum Gasteiger partial charge on any atom is -0.396 e. The molecule has 0 aliphatic rings. The number of thioether (sulfide) groups is 1. The van der Waals surface area contributed by atoms with Crippen molar-refractivity contribution in [3.8, 4) is 0 Å². The molecule has 0 heterocycles. The predicted molar refractivity (Wildman–Crippen MR) is 80.1 cm³/mol. The van der Waals surface area contributed by atoms with Crippen molar-refractivity contribution >= 4 is 11.8 Å². The summed E-state index contributed by atoms with van der Waals surface area (Å²) in [5.41, 5.74) is 7.03. The van der Waals surface area contributed by atoms with Gasteiger partial charge in [-0.05, 0) is 54.7 Å². The van der Waals surface area contributed by atoms with E-state index in [4.69, 9.17) is 5.73 Å². The molecule has 2 unspecified atom stereocenters. The summed E-state index contributed by atoms with van der Waals surface area (Å²) >= 11 is 1.87. The molecule has 0 aliphatic carbocycles. The van der Waals surface area contributed by atoms with Gasteiger partial charge in [0.15, 0.2) is 0 Å². The highest BCUT2D eigenvalue weighted by atomic mass is 32.2. The zero-order valence-electron chi connectivity index (χ0n) is 11.4. The lowest BCUT2D eigenvalue weighted by Gasteiger charge is -2.20. The standard InChI is InChI=1S/C15H25NOS/c1-3-13(9-12(10-16)11-17)14-5-7-15(8-6-14)18-4-2/h5-8,12-13,17H,3-4,9-11,16H2,1-2H3. The van der Waals surface area contributed by atoms with E-state index in [1.54, 1.807) is 0 Å². The predicted octanol–water partition coefficient (Wildman–Crippen LogP) is 3.25. The van der Waals surface area contributed by atoms with Crippen LogP contribution in [0.15, 0.2) is 29.2 Å². The van der Waals surface area contributed by atoms with Crippen LogP contribution in [0.4, 0.5) is 0 Å². The first-order chi connectivity index (χ1) is 8.74. The average Bonchev–Trinajstić information content (AvgIpc) is 2.42. The second kappa shape index (κ2) is 8.57. The van der Waals surface area contributed by atoms with E-state index in [-0.39, 0.29) is 12.5 Å². The summed E-state index contributed by atoms with van der Waals surface area (Å²) in [6, 6.07) is 8.83. The number of hydrogen-bond acceptors (Lipinski definition) is 3. The maximum Gasteiger partial charge on any atom is 0.0471 e. The zero-order valence-corrected chi connectivity index (χ0v) is 12.2. The Kier molecular flexibility index (Phi) is 7.40. The van der Waals surface area contributed by atoms with Crippen LogP contribution in [0.5, 0.6) is 0 Å². The third-order valence-electron chi connectivity index (χ3n) is 3.36. The minimum absolute atomic E-state index is 0.191. The quantitative estimate of drug-likeness (QED) is 0.711. The molecule has 2 nitrogen and oxygen atoms in total. The van der Waals surface area contributed by atoms with E-state index in [1.807, 2.05) is 11.8 Å². The van der Waals surface area contributed by atoms with Gasteiger partial charge in [0, 0.05) is 11.5 Å². The fourth-order valence-electron chi connectivity index (χ4n) is 2.19. The highest BCUT2D eigenvalue weighted by Crippen LogP contribution is 2.28. The molecule has 0 amide bonds. The molecule has 1 aromatic rings. The maximum atomic E-state index is 9.25. The number of aliphatic hydroxyl groups is 1. The average molecular weight is 267 g/mol. The van der Waals surface area contributed by atoms with Gasteiger partial charge in [-0.2, -0.15) is 0 Å². The molecule has 0 radical (unpaired) electrons. The van der Waals surface area contributed by atoms with E-state index >= 15 is 0 Å². The van der Waals surface area contributed by atoms with Gasteiger partial charge in [0.2, 0.25) is 0 Å². The van der Waals surface area contributed by atoms with Crippen LogP contribution in [0.2, 0.25) is 0 Å². The lowest BCUT2D eigenvalue weighted by molar-refractivity contribution is 0.214. The van der Waals surface area contributed by atoms with Crippen molar-refractivity contribution in [2.75, 3.05) is 18.9 Å². The first-order valence-electron chi connectivity index (χ1n) is 6.78. The van der Waals surface area contributed by atoms with Gasteiger partial charge in [-0.25, -0.2) is 0 Å². The summed E-state index contributed by atoms with van der Waals surface area (Å²) < 4.78 is 0. The molecule has 102 valence electrons. The molecule has 0 aromatic heterocycles. The van der Waals surface area contributed by atoms with Crippen molar-refractivity contribution in [2.24, 2.45) is 11.7 Å². The number of hydrogen-bond donors (Lipinski definition) is 2. The Morgan fingerprint density at radius 3 is 2.33 bits per heavy atom. The second-order valence-electron chi connectivity index (χ2n) is 4.63. The summed E-state index contributed by atoms with van der Waals surface area (Å²) in [4.78, 5) is 1.33. The molecule has 18 heavy (non-hydrogen) atoms. The van der Waals surface area contributed by atoms with Crippen LogP contribution in [0.1, 0.15) is 38.2 Å². The van der Waals surface area contributed by atoms with Gasteiger partial charge in [0.25, 0.3) is 0 Å². The van der Waals surface area contributed by atoms with Crippen LogP contribution in [-0.4, -0.2) is 24.0 Å². The van der Waals surface area contributed by atoms with E-state index in [0.29, 0.717) is 12.5 Å². The Labute approximate surface area is 115 Å². The number of nitrogens with two attached hydrogens (primary N) is 1. The van der Waals surface area contributed by atoms with Crippen LogP contribution in [0.25, 0.3) is 0 Å². The molecule has 0 saturated heterocycles. The highest BCUT2D eigenvalue weighted by molar-refractivity contribution is 7.99. The summed E-state index contributed by atoms with van der Waals surface area (Å²) in [6.45, 7) is 5.12. The molecule has 0 fully saturated rings. The van der Waals surface area contributed by atoms with E-state index < -0.39 is 0 Å². The molecule has 0 aliphatic heterocycles. The zero-order chi connectivity index (χ0) is 13.4. The van der Waals surface area contributed by atoms with Crippen LogP contribution < -0.4 is 5.73 Å². The first kappa shape index (κ1) is 15.5. The lowest BCUT2D eigenvalue weighted by atomic mass is 9.87.